The van der Waals surface area contributed by atoms with Crippen molar-refractivity contribution < 1.29 is 39.6 Å². The van der Waals surface area contributed by atoms with Gasteiger partial charge in [0.25, 0.3) is 0 Å². The van der Waals surface area contributed by atoms with E-state index in [2.05, 4.69) is 0 Å². The molecule has 0 radical (unpaired) electrons. The maximum absolute atomic E-state index is 10.3. The van der Waals surface area contributed by atoms with Crippen molar-refractivity contribution in [1.82, 2.24) is 0 Å². The van der Waals surface area contributed by atoms with Crippen LogP contribution in [-0.2, 0) is 19.2 Å². The van der Waals surface area contributed by atoms with E-state index in [-0.39, 0.29) is 5.91 Å². The molecule has 0 bridgehead atoms. The summed E-state index contributed by atoms with van der Waals surface area (Å²) in [4.78, 5) is 40.3. The first-order valence-electron chi connectivity index (χ1n) is 5.22. The number of carbonyl (C=O) groups is 4. The predicted molar refractivity (Wildman–Crippen MR) is 61.2 cm³/mol. The van der Waals surface area contributed by atoms with Crippen molar-refractivity contribution in [2.75, 3.05) is 0 Å². The lowest BCUT2D eigenvalue weighted by Gasteiger charge is -2.18. The van der Waals surface area contributed by atoms with Gasteiger partial charge in [-0.05, 0) is 6.42 Å². The zero-order valence-electron chi connectivity index (χ0n) is 10.3. The second kappa shape index (κ2) is 8.86. The van der Waals surface area contributed by atoms with Gasteiger partial charge in [0.15, 0.2) is 5.60 Å². The van der Waals surface area contributed by atoms with Crippen LogP contribution in [0.25, 0.3) is 0 Å². The van der Waals surface area contributed by atoms with Gasteiger partial charge >= 0.3 is 17.9 Å². The molecule has 0 aliphatic carbocycles. The molecule has 0 aliphatic rings. The SMILES string of the molecule is CCCC(N)=O.O=C(O)CC(O)(CC(=O)O)C(=O)O. The Morgan fingerprint density at radius 2 is 1.37 bits per heavy atom. The number of primary amides is 1. The number of amides is 1. The topological polar surface area (TPSA) is 175 Å². The van der Waals surface area contributed by atoms with Gasteiger partial charge < -0.3 is 26.2 Å². The third-order valence-electron chi connectivity index (χ3n) is 1.78. The van der Waals surface area contributed by atoms with Crippen molar-refractivity contribution in [3.63, 3.8) is 0 Å². The highest BCUT2D eigenvalue weighted by molar-refractivity contribution is 5.88. The van der Waals surface area contributed by atoms with Crippen LogP contribution in [0.15, 0.2) is 0 Å². The lowest BCUT2D eigenvalue weighted by Crippen LogP contribution is -2.42. The number of carbonyl (C=O) groups excluding carboxylic acids is 1. The molecule has 0 saturated heterocycles. The van der Waals surface area contributed by atoms with Crippen LogP contribution in [0, 0.1) is 0 Å². The van der Waals surface area contributed by atoms with Crippen molar-refractivity contribution in [1.29, 1.82) is 0 Å². The van der Waals surface area contributed by atoms with Gasteiger partial charge in [0.1, 0.15) is 0 Å². The van der Waals surface area contributed by atoms with Gasteiger partial charge in [-0.1, -0.05) is 6.92 Å². The smallest absolute Gasteiger partial charge is 0.336 e. The molecule has 9 heteroatoms. The summed E-state index contributed by atoms with van der Waals surface area (Å²) in [6, 6.07) is 0. The summed E-state index contributed by atoms with van der Waals surface area (Å²) in [5, 5.41) is 33.8. The minimum atomic E-state index is -2.74. The number of hydrogen-bond donors (Lipinski definition) is 5. The number of rotatable bonds is 7. The quantitative estimate of drug-likeness (QED) is 0.395. The number of aliphatic hydroxyl groups is 1. The minimum Gasteiger partial charge on any atom is -0.481 e. The molecule has 9 nitrogen and oxygen atoms in total. The summed E-state index contributed by atoms with van der Waals surface area (Å²) < 4.78 is 0. The monoisotopic (exact) mass is 279 g/mol. The summed E-state index contributed by atoms with van der Waals surface area (Å²) in [7, 11) is 0. The molecule has 6 N–H and O–H groups in total. The highest BCUT2D eigenvalue weighted by atomic mass is 16.4. The van der Waals surface area contributed by atoms with Crippen LogP contribution in [0.4, 0.5) is 0 Å². The molecule has 0 fully saturated rings. The fraction of sp³-hybridized carbons (Fsp3) is 0.600. The van der Waals surface area contributed by atoms with Gasteiger partial charge in [-0.25, -0.2) is 4.79 Å². The predicted octanol–water partition coefficient (Wildman–Crippen LogP) is -0.977. The van der Waals surface area contributed by atoms with Crippen LogP contribution in [0.3, 0.4) is 0 Å². The summed E-state index contributed by atoms with van der Waals surface area (Å²) in [5.74, 6) is -5.23. The maximum Gasteiger partial charge on any atom is 0.336 e. The zero-order chi connectivity index (χ0) is 15.6. The molecule has 0 aromatic rings. The Kier molecular flexibility index (Phi) is 8.95. The third-order valence-corrected chi connectivity index (χ3v) is 1.78. The molecule has 0 heterocycles. The lowest BCUT2D eigenvalue weighted by atomic mass is 9.96. The largest absolute Gasteiger partial charge is 0.481 e. The fourth-order valence-corrected chi connectivity index (χ4v) is 0.960. The van der Waals surface area contributed by atoms with Crippen molar-refractivity contribution in [2.45, 2.75) is 38.2 Å². The highest BCUT2D eigenvalue weighted by Crippen LogP contribution is 2.15. The van der Waals surface area contributed by atoms with E-state index in [0.717, 1.165) is 6.42 Å². The second-order valence-electron chi connectivity index (χ2n) is 3.69. The van der Waals surface area contributed by atoms with E-state index in [9.17, 15) is 19.2 Å². The molecule has 1 amide bonds. The normalized spacial score (nSPS) is 10.0. The molecule has 0 aromatic carbocycles. The van der Waals surface area contributed by atoms with Crippen LogP contribution in [0.5, 0.6) is 0 Å². The Morgan fingerprint density at radius 1 is 1.00 bits per heavy atom. The van der Waals surface area contributed by atoms with E-state index in [1.54, 1.807) is 0 Å². The number of nitrogens with two attached hydrogens (primary N) is 1. The Balaban J connectivity index is 0. The standard InChI is InChI=1S/C6H8O7.C4H9NO/c7-3(8)1-6(13,5(11)12)2-4(9)10;1-2-3-4(5)6/h13H,1-2H2,(H,7,8)(H,9,10)(H,11,12);2-3H2,1H3,(H2,5,6). The fourth-order valence-electron chi connectivity index (χ4n) is 0.960. The summed E-state index contributed by atoms with van der Waals surface area (Å²) >= 11 is 0. The van der Waals surface area contributed by atoms with Gasteiger partial charge in [-0.2, -0.15) is 0 Å². The molecule has 0 atom stereocenters. The van der Waals surface area contributed by atoms with Gasteiger partial charge in [-0.3, -0.25) is 14.4 Å². The van der Waals surface area contributed by atoms with E-state index in [1.807, 2.05) is 6.92 Å². The number of hydrogen-bond acceptors (Lipinski definition) is 5. The molecule has 0 spiro atoms. The van der Waals surface area contributed by atoms with Crippen LogP contribution in [0.1, 0.15) is 32.6 Å². The Hall–Kier alpha value is -2.16. The lowest BCUT2D eigenvalue weighted by molar-refractivity contribution is -0.170. The summed E-state index contributed by atoms with van der Waals surface area (Å²) in [5.41, 5.74) is 2.03. The molecule has 0 saturated carbocycles. The van der Waals surface area contributed by atoms with E-state index in [4.69, 9.17) is 26.2 Å². The van der Waals surface area contributed by atoms with Crippen molar-refractivity contribution in [3.05, 3.63) is 0 Å². The molecular weight excluding hydrogens is 262 g/mol. The molecule has 0 aromatic heterocycles. The second-order valence-corrected chi connectivity index (χ2v) is 3.69. The van der Waals surface area contributed by atoms with E-state index in [0.29, 0.717) is 6.42 Å². The Morgan fingerprint density at radius 3 is 1.47 bits per heavy atom. The Bertz CT molecular complexity index is 335. The van der Waals surface area contributed by atoms with Gasteiger partial charge in [-0.15, -0.1) is 0 Å². The number of carboxylic acids is 3. The Labute approximate surface area is 108 Å². The summed E-state index contributed by atoms with van der Waals surface area (Å²) in [6.45, 7) is 1.92. The van der Waals surface area contributed by atoms with Crippen LogP contribution >= 0.6 is 0 Å². The summed E-state index contributed by atoms with van der Waals surface area (Å²) in [6.07, 6.45) is -0.918. The zero-order valence-corrected chi connectivity index (χ0v) is 10.3. The van der Waals surface area contributed by atoms with Crippen molar-refractivity contribution >= 4 is 23.8 Å². The van der Waals surface area contributed by atoms with E-state index in [1.165, 1.54) is 0 Å². The van der Waals surface area contributed by atoms with E-state index < -0.39 is 36.4 Å². The van der Waals surface area contributed by atoms with E-state index >= 15 is 0 Å². The third kappa shape index (κ3) is 10.7. The average Bonchev–Trinajstić information content (AvgIpc) is 2.14. The molecule has 0 unspecified atom stereocenters. The average molecular weight is 279 g/mol. The maximum atomic E-state index is 10.3. The highest BCUT2D eigenvalue weighted by Gasteiger charge is 2.40. The van der Waals surface area contributed by atoms with Crippen LogP contribution in [0.2, 0.25) is 0 Å². The first-order valence-corrected chi connectivity index (χ1v) is 5.22. The van der Waals surface area contributed by atoms with Gasteiger partial charge in [0.05, 0.1) is 12.8 Å². The molecular formula is C10H17NO8. The number of aliphatic carboxylic acids is 3. The van der Waals surface area contributed by atoms with Crippen LogP contribution in [-0.4, -0.2) is 49.8 Å². The van der Waals surface area contributed by atoms with Gasteiger partial charge in [0.2, 0.25) is 5.91 Å². The molecule has 0 rings (SSSR count). The first-order chi connectivity index (χ1) is 8.55. The van der Waals surface area contributed by atoms with Crippen molar-refractivity contribution in [2.24, 2.45) is 5.73 Å². The minimum absolute atomic E-state index is 0.211. The van der Waals surface area contributed by atoms with Crippen molar-refractivity contribution in [3.8, 4) is 0 Å². The van der Waals surface area contributed by atoms with Gasteiger partial charge in [0, 0.05) is 6.42 Å². The molecule has 19 heavy (non-hydrogen) atoms. The molecule has 0 aliphatic heterocycles. The number of carboxylic acid groups (broad SMARTS) is 3. The molecule has 110 valence electrons. The van der Waals surface area contributed by atoms with Crippen LogP contribution < -0.4 is 5.73 Å². The first kappa shape index (κ1) is 19.2.